The number of halogens is 1. The van der Waals surface area contributed by atoms with E-state index in [1.54, 1.807) is 6.07 Å². The van der Waals surface area contributed by atoms with E-state index in [1.165, 1.54) is 17.3 Å². The van der Waals surface area contributed by atoms with Crippen LogP contribution < -0.4 is 10.1 Å². The van der Waals surface area contributed by atoms with Crippen LogP contribution in [0.2, 0.25) is 5.02 Å². The Morgan fingerprint density at radius 3 is 2.57 bits per heavy atom. The molecule has 8 heteroatoms. The van der Waals surface area contributed by atoms with E-state index < -0.39 is 0 Å². The summed E-state index contributed by atoms with van der Waals surface area (Å²) in [5, 5.41) is 12.6. The molecular weight excluding hydrogens is 420 g/mol. The number of nitrogens with one attached hydrogen (secondary N) is 1. The molecule has 1 heterocycles. The van der Waals surface area contributed by atoms with Crippen molar-refractivity contribution in [2.75, 3.05) is 11.1 Å². The predicted octanol–water partition coefficient (Wildman–Crippen LogP) is 5.38. The summed E-state index contributed by atoms with van der Waals surface area (Å²) in [7, 11) is 0. The summed E-state index contributed by atoms with van der Waals surface area (Å²) in [6, 6.07) is 15.2. The third-order valence-electron chi connectivity index (χ3n) is 4.50. The van der Waals surface area contributed by atoms with Crippen LogP contribution in [0.1, 0.15) is 38.1 Å². The first kappa shape index (κ1) is 22.2. The predicted molar refractivity (Wildman–Crippen MR) is 121 cm³/mol. The molecule has 0 saturated heterocycles. The number of benzene rings is 2. The number of para-hydroxylation sites is 1. The Bertz CT molecular complexity index is 989. The molecule has 0 aliphatic carbocycles. The molecule has 1 amide bonds. The lowest BCUT2D eigenvalue weighted by Crippen LogP contribution is -2.15. The van der Waals surface area contributed by atoms with Crippen LogP contribution >= 0.6 is 23.4 Å². The smallest absolute Gasteiger partial charge is 0.234 e. The molecule has 0 atom stereocenters. The summed E-state index contributed by atoms with van der Waals surface area (Å²) < 4.78 is 7.70. The third kappa shape index (κ3) is 5.77. The van der Waals surface area contributed by atoms with Gasteiger partial charge >= 0.3 is 0 Å². The standard InChI is InChI=1S/C22H25ClN4O2S/c1-4-27-20(13-29-19-8-6-5-7-18(19)23)25-26-22(27)30-14-21(28)24-17-11-9-16(10-12-17)15(2)3/h5-12,15H,4,13-14H2,1-3H3,(H,24,28). The van der Waals surface area contributed by atoms with Crippen LogP contribution in [0.3, 0.4) is 0 Å². The van der Waals surface area contributed by atoms with Crippen LogP contribution in [0.25, 0.3) is 0 Å². The number of hydrogen-bond acceptors (Lipinski definition) is 5. The van der Waals surface area contributed by atoms with Gasteiger partial charge in [0.05, 0.1) is 10.8 Å². The van der Waals surface area contributed by atoms with Crippen molar-refractivity contribution in [1.29, 1.82) is 0 Å². The highest BCUT2D eigenvalue weighted by molar-refractivity contribution is 7.99. The highest BCUT2D eigenvalue weighted by Gasteiger charge is 2.14. The number of aromatic nitrogens is 3. The van der Waals surface area contributed by atoms with Crippen LogP contribution in [0.5, 0.6) is 5.75 Å². The zero-order valence-corrected chi connectivity index (χ0v) is 18.8. The Balaban J connectivity index is 1.56. The Labute approximate surface area is 186 Å². The summed E-state index contributed by atoms with van der Waals surface area (Å²) >= 11 is 7.48. The Morgan fingerprint density at radius 1 is 1.17 bits per heavy atom. The first-order valence-corrected chi connectivity index (χ1v) is 11.2. The molecular formula is C22H25ClN4O2S. The average Bonchev–Trinajstić information content (AvgIpc) is 3.14. The van der Waals surface area contributed by atoms with Gasteiger partial charge in [-0.15, -0.1) is 10.2 Å². The van der Waals surface area contributed by atoms with Gasteiger partial charge in [0.1, 0.15) is 12.4 Å². The normalized spacial score (nSPS) is 11.0. The van der Waals surface area contributed by atoms with Crippen LogP contribution in [0.15, 0.2) is 53.7 Å². The molecule has 0 radical (unpaired) electrons. The summed E-state index contributed by atoms with van der Waals surface area (Å²) in [4.78, 5) is 12.3. The van der Waals surface area contributed by atoms with Crippen molar-refractivity contribution in [3.63, 3.8) is 0 Å². The first-order chi connectivity index (χ1) is 14.5. The van der Waals surface area contributed by atoms with Crippen molar-refractivity contribution < 1.29 is 9.53 Å². The lowest BCUT2D eigenvalue weighted by Gasteiger charge is -2.10. The second-order valence-electron chi connectivity index (χ2n) is 6.98. The number of carbonyl (C=O) groups is 1. The molecule has 0 spiro atoms. The maximum atomic E-state index is 12.3. The van der Waals surface area contributed by atoms with Gasteiger partial charge in [-0.1, -0.05) is 61.5 Å². The summed E-state index contributed by atoms with van der Waals surface area (Å²) in [6.07, 6.45) is 0. The van der Waals surface area contributed by atoms with E-state index in [9.17, 15) is 4.79 Å². The van der Waals surface area contributed by atoms with Crippen molar-refractivity contribution in [3.05, 3.63) is 64.9 Å². The molecule has 30 heavy (non-hydrogen) atoms. The van der Waals surface area contributed by atoms with Crippen molar-refractivity contribution in [3.8, 4) is 5.75 Å². The van der Waals surface area contributed by atoms with Crippen LogP contribution in [-0.2, 0) is 17.9 Å². The van der Waals surface area contributed by atoms with Crippen LogP contribution in [-0.4, -0.2) is 26.4 Å². The van der Waals surface area contributed by atoms with Gasteiger partial charge in [-0.2, -0.15) is 0 Å². The number of hydrogen-bond donors (Lipinski definition) is 1. The van der Waals surface area contributed by atoms with E-state index in [4.69, 9.17) is 16.3 Å². The second-order valence-corrected chi connectivity index (χ2v) is 8.33. The zero-order chi connectivity index (χ0) is 21.5. The number of ether oxygens (including phenoxy) is 1. The number of amides is 1. The van der Waals surface area contributed by atoms with Gasteiger partial charge in [0.2, 0.25) is 5.91 Å². The maximum Gasteiger partial charge on any atom is 0.234 e. The number of nitrogens with zero attached hydrogens (tertiary/aromatic N) is 3. The fourth-order valence-electron chi connectivity index (χ4n) is 2.83. The summed E-state index contributed by atoms with van der Waals surface area (Å²) in [6.45, 7) is 7.21. The topological polar surface area (TPSA) is 69.0 Å². The minimum Gasteiger partial charge on any atom is -0.484 e. The summed E-state index contributed by atoms with van der Waals surface area (Å²) in [5.74, 6) is 1.90. The Hall–Kier alpha value is -2.51. The fraction of sp³-hybridized carbons (Fsp3) is 0.318. The molecule has 0 aliphatic heterocycles. The van der Waals surface area contributed by atoms with Crippen LogP contribution in [0.4, 0.5) is 5.69 Å². The Morgan fingerprint density at radius 2 is 1.90 bits per heavy atom. The van der Waals surface area contributed by atoms with Gasteiger partial charge in [-0.25, -0.2) is 0 Å². The molecule has 1 aromatic heterocycles. The molecule has 0 aliphatic rings. The summed E-state index contributed by atoms with van der Waals surface area (Å²) in [5.41, 5.74) is 2.03. The molecule has 158 valence electrons. The lowest BCUT2D eigenvalue weighted by atomic mass is 10.0. The van der Waals surface area contributed by atoms with Gasteiger partial charge in [0.25, 0.3) is 0 Å². The Kier molecular flexibility index (Phi) is 7.76. The molecule has 2 aromatic carbocycles. The molecule has 0 saturated carbocycles. The average molecular weight is 445 g/mol. The molecule has 0 fully saturated rings. The zero-order valence-electron chi connectivity index (χ0n) is 17.3. The van der Waals surface area contributed by atoms with Gasteiger partial charge in [-0.3, -0.25) is 4.79 Å². The van der Waals surface area contributed by atoms with Crippen molar-refractivity contribution in [2.45, 2.75) is 45.0 Å². The number of thioether (sulfide) groups is 1. The molecule has 0 unspecified atom stereocenters. The van der Waals surface area contributed by atoms with Crippen molar-refractivity contribution in [1.82, 2.24) is 14.8 Å². The minimum atomic E-state index is -0.0863. The first-order valence-electron chi connectivity index (χ1n) is 9.80. The van der Waals surface area contributed by atoms with E-state index in [0.717, 1.165) is 5.69 Å². The lowest BCUT2D eigenvalue weighted by molar-refractivity contribution is -0.113. The number of rotatable bonds is 9. The quantitative estimate of drug-likeness (QED) is 0.448. The SMILES string of the molecule is CCn1c(COc2ccccc2Cl)nnc1SCC(=O)Nc1ccc(C(C)C)cc1. The van der Waals surface area contributed by atoms with Gasteiger partial charge in [-0.05, 0) is 42.7 Å². The molecule has 3 rings (SSSR count). The third-order valence-corrected chi connectivity index (χ3v) is 5.78. The van der Waals surface area contributed by atoms with E-state index in [1.807, 2.05) is 54.0 Å². The second kappa shape index (κ2) is 10.5. The number of carbonyl (C=O) groups excluding carboxylic acids is 1. The molecule has 0 bridgehead atoms. The highest BCUT2D eigenvalue weighted by atomic mass is 35.5. The molecule has 3 aromatic rings. The van der Waals surface area contributed by atoms with Gasteiger partial charge < -0.3 is 14.6 Å². The van der Waals surface area contributed by atoms with E-state index >= 15 is 0 Å². The number of anilines is 1. The van der Waals surface area contributed by atoms with E-state index in [2.05, 4.69) is 29.4 Å². The molecule has 6 nitrogen and oxygen atoms in total. The fourth-order valence-corrected chi connectivity index (χ4v) is 3.84. The maximum absolute atomic E-state index is 12.3. The van der Waals surface area contributed by atoms with E-state index in [-0.39, 0.29) is 18.3 Å². The van der Waals surface area contributed by atoms with Gasteiger partial charge in [0, 0.05) is 12.2 Å². The molecule has 1 N–H and O–H groups in total. The van der Waals surface area contributed by atoms with Crippen molar-refractivity contribution >= 4 is 35.0 Å². The van der Waals surface area contributed by atoms with E-state index in [0.29, 0.717) is 34.2 Å². The van der Waals surface area contributed by atoms with Gasteiger partial charge in [0.15, 0.2) is 11.0 Å². The minimum absolute atomic E-state index is 0.0863. The van der Waals surface area contributed by atoms with Crippen molar-refractivity contribution in [2.24, 2.45) is 0 Å². The van der Waals surface area contributed by atoms with Crippen LogP contribution in [0, 0.1) is 0 Å². The monoisotopic (exact) mass is 444 g/mol. The largest absolute Gasteiger partial charge is 0.484 e. The highest BCUT2D eigenvalue weighted by Crippen LogP contribution is 2.25.